The Morgan fingerprint density at radius 1 is 1.16 bits per heavy atom. The number of aromatic amines is 1. The summed E-state index contributed by atoms with van der Waals surface area (Å²) in [4.78, 5) is 6.50. The molecule has 1 aliphatic carbocycles. The molecule has 2 fully saturated rings. The lowest BCUT2D eigenvalue weighted by molar-refractivity contribution is 0.0379. The molecule has 5 nitrogen and oxygen atoms in total. The lowest BCUT2D eigenvalue weighted by Crippen LogP contribution is -2.28. The van der Waals surface area contributed by atoms with Crippen LogP contribution in [0.1, 0.15) is 18.4 Å². The molecule has 2 atom stereocenters. The SMILES string of the molecule is OC1(c2cc(Cl)cc3cn[nH]c23)C[C@H]2CN(c3ccncc3)C[C@@H]2C1. The molecule has 1 aromatic carbocycles. The van der Waals surface area contributed by atoms with Crippen molar-refractivity contribution in [3.8, 4) is 0 Å². The quantitative estimate of drug-likeness (QED) is 0.740. The van der Waals surface area contributed by atoms with Gasteiger partial charge in [-0.2, -0.15) is 5.10 Å². The summed E-state index contributed by atoms with van der Waals surface area (Å²) in [5.41, 5.74) is 2.16. The first-order valence-electron chi connectivity index (χ1n) is 8.63. The number of hydrogen-bond donors (Lipinski definition) is 2. The summed E-state index contributed by atoms with van der Waals surface area (Å²) in [5, 5.41) is 20.2. The molecule has 5 rings (SSSR count). The fourth-order valence-electron chi connectivity index (χ4n) is 4.73. The maximum atomic E-state index is 11.4. The molecule has 0 bridgehead atoms. The summed E-state index contributed by atoms with van der Waals surface area (Å²) in [6, 6.07) is 7.88. The van der Waals surface area contributed by atoms with Gasteiger partial charge in [0, 0.05) is 47.1 Å². The summed E-state index contributed by atoms with van der Waals surface area (Å²) in [6.45, 7) is 1.95. The number of fused-ring (bicyclic) bond motifs is 2. The van der Waals surface area contributed by atoms with E-state index in [0.29, 0.717) is 16.9 Å². The van der Waals surface area contributed by atoms with Crippen LogP contribution in [0.2, 0.25) is 5.02 Å². The first kappa shape index (κ1) is 15.2. The number of rotatable bonds is 2. The van der Waals surface area contributed by atoms with Crippen LogP contribution in [-0.4, -0.2) is 33.4 Å². The minimum absolute atomic E-state index is 0.482. The zero-order valence-electron chi connectivity index (χ0n) is 13.7. The lowest BCUT2D eigenvalue weighted by atomic mass is 9.89. The highest BCUT2D eigenvalue weighted by molar-refractivity contribution is 6.31. The van der Waals surface area contributed by atoms with Crippen LogP contribution in [0.5, 0.6) is 0 Å². The van der Waals surface area contributed by atoms with E-state index in [1.54, 1.807) is 6.20 Å². The molecule has 6 heteroatoms. The van der Waals surface area contributed by atoms with Gasteiger partial charge in [0.25, 0.3) is 0 Å². The van der Waals surface area contributed by atoms with Crippen LogP contribution in [0.4, 0.5) is 5.69 Å². The minimum atomic E-state index is -0.838. The Balaban J connectivity index is 1.44. The molecule has 1 saturated heterocycles. The van der Waals surface area contributed by atoms with E-state index in [1.165, 1.54) is 5.69 Å². The van der Waals surface area contributed by atoms with Gasteiger partial charge in [-0.15, -0.1) is 0 Å². The molecule has 0 unspecified atom stereocenters. The smallest absolute Gasteiger partial charge is 0.0924 e. The second-order valence-electron chi connectivity index (χ2n) is 7.36. The van der Waals surface area contributed by atoms with Gasteiger partial charge in [-0.1, -0.05) is 11.6 Å². The van der Waals surface area contributed by atoms with E-state index >= 15 is 0 Å². The Bertz CT molecular complexity index is 912. The third-order valence-corrected chi connectivity index (χ3v) is 6.04. The van der Waals surface area contributed by atoms with Crippen LogP contribution in [0.25, 0.3) is 10.9 Å². The van der Waals surface area contributed by atoms with Crippen molar-refractivity contribution < 1.29 is 5.11 Å². The van der Waals surface area contributed by atoms with Crippen molar-refractivity contribution >= 4 is 28.2 Å². The van der Waals surface area contributed by atoms with Gasteiger partial charge in [0.1, 0.15) is 0 Å². The van der Waals surface area contributed by atoms with Crippen molar-refractivity contribution in [1.82, 2.24) is 15.2 Å². The number of hydrogen-bond acceptors (Lipinski definition) is 4. The average Bonchev–Trinajstić information content (AvgIpc) is 3.28. The van der Waals surface area contributed by atoms with Crippen molar-refractivity contribution in [2.45, 2.75) is 18.4 Å². The Morgan fingerprint density at radius 3 is 2.60 bits per heavy atom. The monoisotopic (exact) mass is 354 g/mol. The Morgan fingerprint density at radius 2 is 1.88 bits per heavy atom. The molecule has 3 aromatic rings. The van der Waals surface area contributed by atoms with E-state index in [-0.39, 0.29) is 0 Å². The molecule has 3 heterocycles. The molecule has 2 aliphatic rings. The van der Waals surface area contributed by atoms with E-state index < -0.39 is 5.60 Å². The molecule has 0 spiro atoms. The van der Waals surface area contributed by atoms with Gasteiger partial charge in [0.15, 0.2) is 0 Å². The third kappa shape index (κ3) is 2.41. The van der Waals surface area contributed by atoms with Crippen molar-refractivity contribution in [3.05, 3.63) is 53.4 Å². The highest BCUT2D eigenvalue weighted by atomic mass is 35.5. The second kappa shape index (κ2) is 5.44. The summed E-state index contributed by atoms with van der Waals surface area (Å²) in [6.07, 6.45) is 6.94. The molecule has 2 N–H and O–H groups in total. The zero-order chi connectivity index (χ0) is 17.0. The lowest BCUT2D eigenvalue weighted by Gasteiger charge is -2.27. The number of halogens is 1. The highest BCUT2D eigenvalue weighted by Crippen LogP contribution is 2.51. The molecule has 25 heavy (non-hydrogen) atoms. The number of nitrogens with one attached hydrogen (secondary N) is 1. The minimum Gasteiger partial charge on any atom is -0.385 e. The van der Waals surface area contributed by atoms with Crippen LogP contribution in [-0.2, 0) is 5.60 Å². The van der Waals surface area contributed by atoms with Gasteiger partial charge in [0.05, 0.1) is 17.3 Å². The van der Waals surface area contributed by atoms with Gasteiger partial charge < -0.3 is 10.0 Å². The summed E-state index contributed by atoms with van der Waals surface area (Å²) >= 11 is 6.28. The largest absolute Gasteiger partial charge is 0.385 e. The van der Waals surface area contributed by atoms with E-state index in [4.69, 9.17) is 11.6 Å². The highest BCUT2D eigenvalue weighted by Gasteiger charge is 2.49. The first-order valence-corrected chi connectivity index (χ1v) is 9.01. The van der Waals surface area contributed by atoms with Crippen LogP contribution < -0.4 is 4.90 Å². The normalized spacial score (nSPS) is 24.8. The fraction of sp³-hybridized carbons (Fsp3) is 0.368. The fourth-order valence-corrected chi connectivity index (χ4v) is 4.95. The van der Waals surface area contributed by atoms with Crippen LogP contribution in [0.3, 0.4) is 0 Å². The van der Waals surface area contributed by atoms with Gasteiger partial charge in [-0.05, 0) is 48.9 Å². The number of anilines is 1. The maximum Gasteiger partial charge on any atom is 0.0924 e. The zero-order valence-corrected chi connectivity index (χ0v) is 14.4. The van der Waals surface area contributed by atoms with Crippen molar-refractivity contribution in [2.75, 3.05) is 18.0 Å². The second-order valence-corrected chi connectivity index (χ2v) is 7.79. The number of benzene rings is 1. The summed E-state index contributed by atoms with van der Waals surface area (Å²) < 4.78 is 0. The molecule has 0 amide bonds. The molecule has 128 valence electrons. The number of aromatic nitrogens is 3. The van der Waals surface area contributed by atoms with Crippen LogP contribution >= 0.6 is 11.6 Å². The number of nitrogens with zero attached hydrogens (tertiary/aromatic N) is 3. The Hall–Kier alpha value is -2.11. The van der Waals surface area contributed by atoms with Gasteiger partial charge in [0.2, 0.25) is 0 Å². The average molecular weight is 355 g/mol. The van der Waals surface area contributed by atoms with Crippen molar-refractivity contribution in [1.29, 1.82) is 0 Å². The van der Waals surface area contributed by atoms with Crippen molar-refractivity contribution in [3.63, 3.8) is 0 Å². The van der Waals surface area contributed by atoms with Crippen LogP contribution in [0, 0.1) is 11.8 Å². The topological polar surface area (TPSA) is 65.0 Å². The number of H-pyrrole nitrogens is 1. The number of aliphatic hydroxyl groups is 1. The summed E-state index contributed by atoms with van der Waals surface area (Å²) in [5.74, 6) is 0.963. The Kier molecular flexibility index (Phi) is 3.30. The van der Waals surface area contributed by atoms with E-state index in [0.717, 1.165) is 42.4 Å². The molecule has 1 aliphatic heterocycles. The molecule has 2 aromatic heterocycles. The third-order valence-electron chi connectivity index (χ3n) is 5.82. The van der Waals surface area contributed by atoms with E-state index in [1.807, 2.05) is 24.5 Å². The molecule has 1 saturated carbocycles. The van der Waals surface area contributed by atoms with Crippen LogP contribution in [0.15, 0.2) is 42.9 Å². The molecular weight excluding hydrogens is 336 g/mol. The van der Waals surface area contributed by atoms with Gasteiger partial charge in [-0.3, -0.25) is 10.1 Å². The molecule has 0 radical (unpaired) electrons. The van der Waals surface area contributed by atoms with Gasteiger partial charge >= 0.3 is 0 Å². The van der Waals surface area contributed by atoms with Gasteiger partial charge in [-0.25, -0.2) is 0 Å². The summed E-state index contributed by atoms with van der Waals surface area (Å²) in [7, 11) is 0. The van der Waals surface area contributed by atoms with E-state index in [2.05, 4.69) is 32.2 Å². The van der Waals surface area contributed by atoms with E-state index in [9.17, 15) is 5.11 Å². The number of pyridine rings is 1. The predicted molar refractivity (Wildman–Crippen MR) is 97.7 cm³/mol. The van der Waals surface area contributed by atoms with Crippen molar-refractivity contribution in [2.24, 2.45) is 11.8 Å². The maximum absolute atomic E-state index is 11.4. The molecular formula is C19H19ClN4O. The first-order chi connectivity index (χ1) is 12.1. The standard InChI is InChI=1S/C19H19ClN4O/c20-15-5-12-9-22-23-18(12)17(6-15)19(25)7-13-10-24(11-14(13)8-19)16-1-3-21-4-2-16/h1-6,9,13-14,25H,7-8,10-11H2,(H,22,23)/t13-,14-/m0/s1. The Labute approximate surface area is 150 Å². The predicted octanol–water partition coefficient (Wildman–Crippen LogP) is 3.35.